The van der Waals surface area contributed by atoms with Crippen molar-refractivity contribution in [3.8, 4) is 0 Å². The Balaban J connectivity index is 2.06. The first kappa shape index (κ1) is 16.9. The van der Waals surface area contributed by atoms with Gasteiger partial charge in [-0.25, -0.2) is 4.98 Å². The van der Waals surface area contributed by atoms with Crippen LogP contribution in [0.1, 0.15) is 55.3 Å². The van der Waals surface area contributed by atoms with Crippen molar-refractivity contribution in [2.45, 2.75) is 52.7 Å². The smallest absolute Gasteiger partial charge is 0.123 e. The zero-order chi connectivity index (χ0) is 15.1. The largest absolute Gasteiger partial charge is 0.368 e. The van der Waals surface area contributed by atoms with Crippen molar-refractivity contribution in [2.75, 3.05) is 32.8 Å². The molecular weight excluding hydrogens is 282 g/mol. The third-order valence-corrected chi connectivity index (χ3v) is 5.06. The maximum absolute atomic E-state index is 5.95. The van der Waals surface area contributed by atoms with Gasteiger partial charge in [0, 0.05) is 24.5 Å². The highest BCUT2D eigenvalue weighted by Gasteiger charge is 2.25. The second-order valence-corrected chi connectivity index (χ2v) is 6.72. The summed E-state index contributed by atoms with van der Waals surface area (Å²) in [6, 6.07) is 0. The second kappa shape index (κ2) is 8.83. The fourth-order valence-corrected chi connectivity index (χ4v) is 3.75. The number of hydrogen-bond acceptors (Lipinski definition) is 5. The molecule has 0 amide bonds. The highest BCUT2D eigenvalue weighted by molar-refractivity contribution is 7.11. The van der Waals surface area contributed by atoms with Crippen LogP contribution in [-0.4, -0.2) is 42.7 Å². The highest BCUT2D eigenvalue weighted by Crippen LogP contribution is 2.29. The van der Waals surface area contributed by atoms with Gasteiger partial charge in [0.25, 0.3) is 0 Å². The Morgan fingerprint density at radius 2 is 2.19 bits per heavy atom. The van der Waals surface area contributed by atoms with Gasteiger partial charge in [-0.3, -0.25) is 4.90 Å². The molecule has 5 heteroatoms. The third kappa shape index (κ3) is 4.74. The van der Waals surface area contributed by atoms with E-state index in [0.29, 0.717) is 0 Å². The standard InChI is InChI=1S/C16H29N3OS/c1-4-7-13-15(11-17-8-5-2)21-16(18-13)14-12-19(6-3)9-10-20-14/h14,17H,4-12H2,1-3H3. The lowest BCUT2D eigenvalue weighted by atomic mass is 10.2. The van der Waals surface area contributed by atoms with Crippen LogP contribution in [0.15, 0.2) is 0 Å². The van der Waals surface area contributed by atoms with E-state index in [9.17, 15) is 0 Å². The molecule has 4 nitrogen and oxygen atoms in total. The minimum atomic E-state index is 0.166. The molecule has 0 aromatic carbocycles. The summed E-state index contributed by atoms with van der Waals surface area (Å²) in [6.45, 7) is 12.6. The van der Waals surface area contributed by atoms with Crippen LogP contribution in [0.5, 0.6) is 0 Å². The van der Waals surface area contributed by atoms with Crippen molar-refractivity contribution in [3.63, 3.8) is 0 Å². The van der Waals surface area contributed by atoms with Crippen LogP contribution in [0.2, 0.25) is 0 Å². The Hall–Kier alpha value is -0.490. The predicted molar refractivity (Wildman–Crippen MR) is 88.9 cm³/mol. The lowest BCUT2D eigenvalue weighted by Crippen LogP contribution is -2.38. The molecule has 1 unspecified atom stereocenters. The summed E-state index contributed by atoms with van der Waals surface area (Å²) >= 11 is 1.84. The fourth-order valence-electron chi connectivity index (χ4n) is 2.63. The molecule has 1 aliphatic rings. The molecule has 1 atom stereocenters. The predicted octanol–water partition coefficient (Wildman–Crippen LogP) is 2.99. The van der Waals surface area contributed by atoms with Crippen LogP contribution < -0.4 is 5.32 Å². The minimum Gasteiger partial charge on any atom is -0.368 e. The first-order chi connectivity index (χ1) is 10.3. The summed E-state index contributed by atoms with van der Waals surface area (Å²) in [7, 11) is 0. The van der Waals surface area contributed by atoms with E-state index in [2.05, 4.69) is 31.0 Å². The number of aromatic nitrogens is 1. The molecule has 1 N–H and O–H groups in total. The highest BCUT2D eigenvalue weighted by atomic mass is 32.1. The van der Waals surface area contributed by atoms with Crippen molar-refractivity contribution in [1.29, 1.82) is 0 Å². The van der Waals surface area contributed by atoms with Crippen molar-refractivity contribution < 1.29 is 4.74 Å². The molecule has 0 spiro atoms. The summed E-state index contributed by atoms with van der Waals surface area (Å²) in [4.78, 5) is 8.75. The topological polar surface area (TPSA) is 37.4 Å². The van der Waals surface area contributed by atoms with Crippen molar-refractivity contribution >= 4 is 11.3 Å². The Bertz CT molecular complexity index is 422. The van der Waals surface area contributed by atoms with Gasteiger partial charge in [-0.2, -0.15) is 0 Å². The van der Waals surface area contributed by atoms with Crippen LogP contribution in [0, 0.1) is 0 Å². The van der Waals surface area contributed by atoms with Crippen LogP contribution in [-0.2, 0) is 17.7 Å². The molecule has 1 aliphatic heterocycles. The number of ether oxygens (including phenoxy) is 1. The number of thiazole rings is 1. The molecular formula is C16H29N3OS. The summed E-state index contributed by atoms with van der Waals surface area (Å²) < 4.78 is 5.95. The summed E-state index contributed by atoms with van der Waals surface area (Å²) in [6.07, 6.45) is 3.56. The molecule has 0 bridgehead atoms. The van der Waals surface area contributed by atoms with E-state index < -0.39 is 0 Å². The number of hydrogen-bond donors (Lipinski definition) is 1. The van der Waals surface area contributed by atoms with Gasteiger partial charge in [0.15, 0.2) is 0 Å². The number of likely N-dealkylation sites (N-methyl/N-ethyl adjacent to an activating group) is 1. The molecule has 2 rings (SSSR count). The molecule has 0 saturated carbocycles. The van der Waals surface area contributed by atoms with Crippen LogP contribution in [0.4, 0.5) is 0 Å². The minimum absolute atomic E-state index is 0.166. The average Bonchev–Trinajstić information content (AvgIpc) is 2.91. The molecule has 0 radical (unpaired) electrons. The van der Waals surface area contributed by atoms with E-state index in [1.807, 2.05) is 11.3 Å². The molecule has 1 fully saturated rings. The van der Waals surface area contributed by atoms with Gasteiger partial charge >= 0.3 is 0 Å². The van der Waals surface area contributed by atoms with Crippen molar-refractivity contribution in [2.24, 2.45) is 0 Å². The average molecular weight is 311 g/mol. The van der Waals surface area contributed by atoms with Gasteiger partial charge in [0.1, 0.15) is 11.1 Å². The zero-order valence-corrected chi connectivity index (χ0v) is 14.5. The van der Waals surface area contributed by atoms with E-state index >= 15 is 0 Å². The number of rotatable bonds is 8. The van der Waals surface area contributed by atoms with Gasteiger partial charge in [-0.15, -0.1) is 11.3 Å². The quantitative estimate of drug-likeness (QED) is 0.749. The van der Waals surface area contributed by atoms with Gasteiger partial charge in [-0.1, -0.05) is 27.2 Å². The van der Waals surface area contributed by atoms with E-state index in [1.165, 1.54) is 22.0 Å². The first-order valence-electron chi connectivity index (χ1n) is 8.31. The molecule has 0 aliphatic carbocycles. The zero-order valence-electron chi connectivity index (χ0n) is 13.7. The van der Waals surface area contributed by atoms with E-state index in [-0.39, 0.29) is 6.10 Å². The van der Waals surface area contributed by atoms with Crippen molar-refractivity contribution in [3.05, 3.63) is 15.6 Å². The summed E-state index contributed by atoms with van der Waals surface area (Å²) in [5, 5.41) is 4.68. The Kier molecular flexibility index (Phi) is 7.10. The number of morpholine rings is 1. The molecule has 1 saturated heterocycles. The Labute approximate surface area is 132 Å². The SMILES string of the molecule is CCCNCc1sc(C2CN(CC)CCO2)nc1CCC. The van der Waals surface area contributed by atoms with Gasteiger partial charge in [0.2, 0.25) is 0 Å². The second-order valence-electron chi connectivity index (χ2n) is 5.60. The molecule has 21 heavy (non-hydrogen) atoms. The van der Waals surface area contributed by atoms with E-state index in [1.54, 1.807) is 0 Å². The molecule has 120 valence electrons. The number of aryl methyl sites for hydroxylation is 1. The Morgan fingerprint density at radius 3 is 2.90 bits per heavy atom. The number of nitrogens with one attached hydrogen (secondary N) is 1. The van der Waals surface area contributed by atoms with Gasteiger partial charge < -0.3 is 10.1 Å². The summed E-state index contributed by atoms with van der Waals surface area (Å²) in [5.41, 5.74) is 1.28. The maximum atomic E-state index is 5.95. The van der Waals surface area contributed by atoms with Crippen LogP contribution in [0.25, 0.3) is 0 Å². The van der Waals surface area contributed by atoms with E-state index in [0.717, 1.165) is 52.2 Å². The Morgan fingerprint density at radius 1 is 1.33 bits per heavy atom. The lowest BCUT2D eigenvalue weighted by molar-refractivity contribution is -0.0283. The molecule has 1 aromatic rings. The van der Waals surface area contributed by atoms with Gasteiger partial charge in [-0.05, 0) is 25.9 Å². The van der Waals surface area contributed by atoms with Crippen LogP contribution in [0.3, 0.4) is 0 Å². The molecule has 1 aromatic heterocycles. The summed E-state index contributed by atoms with van der Waals surface area (Å²) in [5.74, 6) is 0. The first-order valence-corrected chi connectivity index (χ1v) is 9.13. The van der Waals surface area contributed by atoms with Gasteiger partial charge in [0.05, 0.1) is 12.3 Å². The number of nitrogens with zero attached hydrogens (tertiary/aromatic N) is 2. The van der Waals surface area contributed by atoms with Crippen molar-refractivity contribution in [1.82, 2.24) is 15.2 Å². The lowest BCUT2D eigenvalue weighted by Gasteiger charge is -2.30. The van der Waals surface area contributed by atoms with E-state index in [4.69, 9.17) is 9.72 Å². The van der Waals surface area contributed by atoms with Crippen LogP contribution >= 0.6 is 11.3 Å². The molecule has 2 heterocycles. The normalized spacial score (nSPS) is 20.0. The monoisotopic (exact) mass is 311 g/mol. The maximum Gasteiger partial charge on any atom is 0.123 e. The third-order valence-electron chi connectivity index (χ3n) is 3.87. The fraction of sp³-hybridized carbons (Fsp3) is 0.812.